The monoisotopic (exact) mass is 932 g/mol. The highest BCUT2D eigenvalue weighted by Crippen LogP contribution is 2.33. The average molecular weight is 933 g/mol. The Bertz CT molecular complexity index is 1800. The number of aromatic hydroxyl groups is 1. The number of urea groups is 1. The third-order valence-electron chi connectivity index (χ3n) is 11.4. The number of amides is 10. The number of phenols is 1. The maximum atomic E-state index is 13.8. The Kier molecular flexibility index (Phi) is 22.8. The van der Waals surface area contributed by atoms with Crippen LogP contribution in [0, 0.1) is 17.8 Å². The number of nitrogens with two attached hydrogens (primary N) is 1. The lowest BCUT2D eigenvalue weighted by atomic mass is 9.91. The van der Waals surface area contributed by atoms with Crippen LogP contribution in [0.25, 0.3) is 0 Å². The van der Waals surface area contributed by atoms with Crippen molar-refractivity contribution >= 4 is 65.1 Å². The van der Waals surface area contributed by atoms with Crippen molar-refractivity contribution in [3.8, 4) is 5.75 Å². The number of phenolic OH excluding ortho intramolecular Hbond substituents is 1. The van der Waals surface area contributed by atoms with E-state index in [1.54, 1.807) is 19.1 Å². The first kappa shape index (κ1) is 53.7. The normalized spacial score (nSPS) is 18.6. The molecule has 0 aromatic heterocycles. The molecule has 0 aliphatic carbocycles. The highest BCUT2D eigenvalue weighted by Gasteiger charge is 2.42. The Balaban J connectivity index is 1.45. The first-order chi connectivity index (χ1) is 30.9. The number of nitrogens with one attached hydrogen (secondary N) is 9. The van der Waals surface area contributed by atoms with Crippen LogP contribution in [0.1, 0.15) is 97.5 Å². The van der Waals surface area contributed by atoms with Gasteiger partial charge in [-0.15, -0.1) is 0 Å². The van der Waals surface area contributed by atoms with Crippen molar-refractivity contribution in [1.29, 1.82) is 0 Å². The van der Waals surface area contributed by atoms with E-state index in [-0.39, 0.29) is 55.0 Å². The number of carbonyl (C=O) groups excluding carboxylic acids is 9. The molecule has 0 radical (unpaired) electrons. The molecule has 22 heteroatoms. The molecule has 8 atom stereocenters. The third-order valence-corrected chi connectivity index (χ3v) is 12.9. The molecule has 0 bridgehead atoms. The van der Waals surface area contributed by atoms with E-state index in [1.165, 1.54) is 17.6 Å². The van der Waals surface area contributed by atoms with Gasteiger partial charge in [-0.2, -0.15) is 11.8 Å². The fraction of sp³-hybridized carbons (Fsp3) is 0.651. The van der Waals surface area contributed by atoms with Gasteiger partial charge in [0.15, 0.2) is 0 Å². The van der Waals surface area contributed by atoms with E-state index in [1.807, 2.05) is 32.5 Å². The second-order valence-electron chi connectivity index (χ2n) is 17.1. The van der Waals surface area contributed by atoms with Gasteiger partial charge in [-0.05, 0) is 68.1 Å². The van der Waals surface area contributed by atoms with E-state index in [2.05, 4.69) is 42.5 Å². The van der Waals surface area contributed by atoms with Crippen LogP contribution in [0.5, 0.6) is 5.75 Å². The van der Waals surface area contributed by atoms with Gasteiger partial charge in [-0.3, -0.25) is 43.6 Å². The summed E-state index contributed by atoms with van der Waals surface area (Å²) in [6, 6.07) is 2.66. The average Bonchev–Trinajstić information content (AvgIpc) is 3.83. The summed E-state index contributed by atoms with van der Waals surface area (Å²) in [5.74, 6) is -5.53. The third kappa shape index (κ3) is 19.2. The molecule has 1 aromatic rings. The van der Waals surface area contributed by atoms with E-state index in [9.17, 15) is 48.3 Å². The lowest BCUT2D eigenvalue weighted by Crippen LogP contribution is -2.57. The molecule has 2 aliphatic heterocycles. The van der Waals surface area contributed by atoms with Crippen LogP contribution in [0.2, 0.25) is 0 Å². The molecule has 2 heterocycles. The van der Waals surface area contributed by atoms with Gasteiger partial charge in [0.25, 0.3) is 0 Å². The molecule has 0 saturated carbocycles. The predicted molar refractivity (Wildman–Crippen MR) is 241 cm³/mol. The van der Waals surface area contributed by atoms with Crippen molar-refractivity contribution in [3.63, 3.8) is 0 Å². The van der Waals surface area contributed by atoms with Crippen molar-refractivity contribution in [2.24, 2.45) is 23.5 Å². The quantitative estimate of drug-likeness (QED) is 0.0214. The molecule has 0 spiro atoms. The van der Waals surface area contributed by atoms with E-state index >= 15 is 0 Å². The van der Waals surface area contributed by atoms with E-state index < -0.39 is 84.4 Å². The van der Waals surface area contributed by atoms with Gasteiger partial charge >= 0.3 is 6.03 Å². The minimum atomic E-state index is -1.26. The number of primary amides is 1. The predicted octanol–water partition coefficient (Wildman–Crippen LogP) is -0.277. The topological polar surface area (TPSA) is 328 Å². The van der Waals surface area contributed by atoms with Crippen LogP contribution >= 0.6 is 11.8 Å². The smallest absolute Gasteiger partial charge is 0.315 e. The zero-order valence-corrected chi connectivity index (χ0v) is 38.5. The number of carbonyl (C=O) groups is 9. The summed E-state index contributed by atoms with van der Waals surface area (Å²) in [5.41, 5.74) is 7.59. The van der Waals surface area contributed by atoms with Gasteiger partial charge in [0, 0.05) is 42.7 Å². The van der Waals surface area contributed by atoms with Gasteiger partial charge in [-0.1, -0.05) is 52.7 Å². The first-order valence-corrected chi connectivity index (χ1v) is 23.3. The molecule has 2 aliphatic rings. The molecule has 1 unspecified atom stereocenters. The molecule has 362 valence electrons. The van der Waals surface area contributed by atoms with Crippen LogP contribution in [0.4, 0.5) is 4.79 Å². The zero-order chi connectivity index (χ0) is 48.1. The van der Waals surface area contributed by atoms with E-state index in [0.29, 0.717) is 49.5 Å². The molecule has 21 nitrogen and oxygen atoms in total. The highest BCUT2D eigenvalue weighted by atomic mass is 32.2. The van der Waals surface area contributed by atoms with Crippen molar-refractivity contribution < 1.29 is 53.5 Å². The van der Waals surface area contributed by atoms with Gasteiger partial charge in [0.05, 0.1) is 25.2 Å². The number of rotatable bonds is 29. The Morgan fingerprint density at radius 3 is 2.17 bits per heavy atom. The fourth-order valence-corrected chi connectivity index (χ4v) is 9.10. The van der Waals surface area contributed by atoms with Crippen molar-refractivity contribution in [2.45, 2.75) is 134 Å². The largest absolute Gasteiger partial charge is 0.508 e. The highest BCUT2D eigenvalue weighted by molar-refractivity contribution is 8.00. The van der Waals surface area contributed by atoms with Gasteiger partial charge in [0.2, 0.25) is 47.3 Å². The summed E-state index contributed by atoms with van der Waals surface area (Å²) < 4.78 is 0. The van der Waals surface area contributed by atoms with Crippen LogP contribution in [-0.4, -0.2) is 124 Å². The standard InChI is InChI=1S/C43H68N10O11S/c1-5-25(4)37(51-40(60)27(18-24(2)3)20-34(56)53-64)42(62)49-30(19-26-13-15-28(54)16-14-26)41(61)47-21-35(57)46-22-36(58)48-29(39(44)59)10-8-9-17-45-33(55)12-7-6-11-32-38-31(23-65-32)50-43(63)52-38/h13-16,24-25,27,29-32,37-38,54,64H,5-12,17-23H2,1-4H3,(H2,44,59)(H,45,55)(H,46,57)(H,47,61)(H,48,58)(H,49,62)(H,51,60)(H,53,56)(H2,50,52,63)/t25-,27?,29-,30-,31-,32-,37-,38-/m0/s1. The lowest BCUT2D eigenvalue weighted by Gasteiger charge is -2.28. The Hall–Kier alpha value is -5.64. The van der Waals surface area contributed by atoms with Crippen molar-refractivity contribution in [3.05, 3.63) is 29.8 Å². The molecular formula is C43H68N10O11S. The maximum Gasteiger partial charge on any atom is 0.315 e. The minimum absolute atomic E-state index is 0.00826. The SMILES string of the molecule is CC[C@H](C)[C@H](NC(=O)C(CC(=O)NO)CC(C)C)C(=O)N[C@@H](Cc1ccc(O)cc1)C(=O)NCC(=O)NCC(=O)N[C@@H](CCCCNC(=O)CCCC[C@@H]1SC[C@@H]2NC(=O)N[C@@H]21)C(N)=O. The Morgan fingerprint density at radius 1 is 0.800 bits per heavy atom. The number of hydrogen-bond donors (Lipinski definition) is 12. The van der Waals surface area contributed by atoms with Gasteiger partial charge in [0.1, 0.15) is 23.9 Å². The number of benzene rings is 1. The van der Waals surface area contributed by atoms with Gasteiger partial charge in [-0.25, -0.2) is 10.3 Å². The summed E-state index contributed by atoms with van der Waals surface area (Å²) in [6.45, 7) is 6.51. The second-order valence-corrected chi connectivity index (χ2v) is 18.4. The summed E-state index contributed by atoms with van der Waals surface area (Å²) in [4.78, 5) is 114. The molecule has 10 amide bonds. The molecular weight excluding hydrogens is 865 g/mol. The summed E-state index contributed by atoms with van der Waals surface area (Å²) in [5, 5.41) is 40.6. The molecule has 65 heavy (non-hydrogen) atoms. The number of hydroxylamine groups is 1. The molecule has 3 rings (SSSR count). The van der Waals surface area contributed by atoms with Gasteiger partial charge < -0.3 is 53.4 Å². The van der Waals surface area contributed by atoms with Crippen LogP contribution in [0.15, 0.2) is 24.3 Å². The molecule has 2 saturated heterocycles. The van der Waals surface area contributed by atoms with E-state index in [4.69, 9.17) is 10.9 Å². The maximum absolute atomic E-state index is 13.8. The summed E-state index contributed by atoms with van der Waals surface area (Å²) in [6.07, 6.45) is 4.42. The van der Waals surface area contributed by atoms with Crippen molar-refractivity contribution in [1.82, 2.24) is 48.0 Å². The molecule has 2 fully saturated rings. The van der Waals surface area contributed by atoms with Crippen LogP contribution in [-0.2, 0) is 44.8 Å². The zero-order valence-electron chi connectivity index (χ0n) is 37.7. The number of thioether (sulfide) groups is 1. The number of hydrogen-bond acceptors (Lipinski definition) is 12. The minimum Gasteiger partial charge on any atom is -0.508 e. The molecule has 13 N–H and O–H groups in total. The Labute approximate surface area is 383 Å². The summed E-state index contributed by atoms with van der Waals surface area (Å²) in [7, 11) is 0. The van der Waals surface area contributed by atoms with Crippen LogP contribution < -0.4 is 53.7 Å². The number of unbranched alkanes of at least 4 members (excludes halogenated alkanes) is 2. The molecule has 1 aromatic carbocycles. The van der Waals surface area contributed by atoms with Crippen molar-refractivity contribution in [2.75, 3.05) is 25.4 Å². The summed E-state index contributed by atoms with van der Waals surface area (Å²) >= 11 is 1.83. The first-order valence-electron chi connectivity index (χ1n) is 22.3. The fourth-order valence-electron chi connectivity index (χ4n) is 7.56. The Morgan fingerprint density at radius 2 is 1.51 bits per heavy atom. The lowest BCUT2D eigenvalue weighted by molar-refractivity contribution is -0.137. The second kappa shape index (κ2) is 27.6. The van der Waals surface area contributed by atoms with E-state index in [0.717, 1.165) is 25.0 Å². The van der Waals surface area contributed by atoms with Crippen LogP contribution in [0.3, 0.4) is 0 Å². The number of fused-ring (bicyclic) bond motifs is 1.